The fourth-order valence-corrected chi connectivity index (χ4v) is 2.88. The lowest BCUT2D eigenvalue weighted by molar-refractivity contribution is 0.436. The molecule has 98 valence electrons. The van der Waals surface area contributed by atoms with Crippen molar-refractivity contribution in [3.8, 4) is 11.1 Å². The molecule has 4 nitrogen and oxygen atoms in total. The van der Waals surface area contributed by atoms with Gasteiger partial charge in [0.1, 0.15) is 0 Å². The molecule has 0 fully saturated rings. The topological polar surface area (TPSA) is 64.9 Å². The third kappa shape index (κ3) is 2.10. The van der Waals surface area contributed by atoms with E-state index >= 15 is 0 Å². The van der Waals surface area contributed by atoms with Crippen molar-refractivity contribution in [3.63, 3.8) is 0 Å². The molecule has 2 N–H and O–H groups in total. The first kappa shape index (κ1) is 12.2. The molecule has 0 aliphatic rings. The van der Waals surface area contributed by atoms with Crippen LogP contribution < -0.4 is 5.73 Å². The molecule has 1 aromatic carbocycles. The summed E-state index contributed by atoms with van der Waals surface area (Å²) in [7, 11) is 0. The Morgan fingerprint density at radius 2 is 2.05 bits per heavy atom. The van der Waals surface area contributed by atoms with Gasteiger partial charge in [0.05, 0.1) is 27.0 Å². The van der Waals surface area contributed by atoms with Crippen molar-refractivity contribution in [3.05, 3.63) is 29.4 Å². The molecule has 0 aliphatic heterocycles. The highest BCUT2D eigenvalue weighted by atomic mass is 32.1. The molecule has 0 unspecified atom stereocenters. The number of fused-ring (bicyclic) bond motifs is 1. The maximum atomic E-state index is 5.74. The van der Waals surface area contributed by atoms with Gasteiger partial charge in [0.15, 0.2) is 0 Å². The average molecular weight is 273 g/mol. The second-order valence-electron chi connectivity index (χ2n) is 5.56. The van der Waals surface area contributed by atoms with E-state index in [1.807, 2.05) is 12.1 Å². The van der Waals surface area contributed by atoms with Crippen molar-refractivity contribution in [1.82, 2.24) is 10.1 Å². The smallest absolute Gasteiger partial charge is 0.229 e. The van der Waals surface area contributed by atoms with Gasteiger partial charge in [-0.05, 0) is 17.7 Å². The molecule has 0 aliphatic carbocycles. The molecule has 0 spiro atoms. The third-order valence-electron chi connectivity index (χ3n) is 2.94. The highest BCUT2D eigenvalue weighted by Crippen LogP contribution is 2.34. The van der Waals surface area contributed by atoms with Crippen LogP contribution in [-0.4, -0.2) is 10.1 Å². The van der Waals surface area contributed by atoms with Crippen molar-refractivity contribution < 1.29 is 4.52 Å². The number of nitrogen functional groups attached to an aromatic ring is 1. The summed E-state index contributed by atoms with van der Waals surface area (Å²) in [6.07, 6.45) is 1.63. The molecule has 0 saturated carbocycles. The summed E-state index contributed by atoms with van der Waals surface area (Å²) in [4.78, 5) is 4.71. The van der Waals surface area contributed by atoms with Crippen LogP contribution in [0.2, 0.25) is 0 Å². The number of aromatic nitrogens is 2. The van der Waals surface area contributed by atoms with Crippen molar-refractivity contribution in [2.75, 3.05) is 5.73 Å². The predicted octanol–water partition coefficient (Wildman–Crippen LogP) is 3.83. The number of thiazole rings is 1. The van der Waals surface area contributed by atoms with E-state index in [2.05, 4.69) is 32.0 Å². The molecule has 0 radical (unpaired) electrons. The van der Waals surface area contributed by atoms with E-state index in [0.29, 0.717) is 5.88 Å². The Kier molecular flexibility index (Phi) is 2.60. The summed E-state index contributed by atoms with van der Waals surface area (Å²) in [6.45, 7) is 6.51. The van der Waals surface area contributed by atoms with Crippen LogP contribution in [0.4, 0.5) is 5.88 Å². The zero-order valence-corrected chi connectivity index (χ0v) is 11.9. The number of hydrogen-bond acceptors (Lipinski definition) is 5. The van der Waals surface area contributed by atoms with Crippen LogP contribution in [0.1, 0.15) is 25.8 Å². The van der Waals surface area contributed by atoms with E-state index in [4.69, 9.17) is 15.2 Å². The molecule has 19 heavy (non-hydrogen) atoms. The summed E-state index contributed by atoms with van der Waals surface area (Å²) in [6, 6.07) is 6.13. The number of anilines is 1. The highest BCUT2D eigenvalue weighted by molar-refractivity contribution is 7.18. The lowest BCUT2D eigenvalue weighted by Gasteiger charge is -2.13. The minimum absolute atomic E-state index is 0.0695. The number of hydrogen-bond donors (Lipinski definition) is 1. The van der Waals surface area contributed by atoms with Crippen LogP contribution in [0.3, 0.4) is 0 Å². The van der Waals surface area contributed by atoms with Gasteiger partial charge in [-0.3, -0.25) is 0 Å². The van der Waals surface area contributed by atoms with Gasteiger partial charge in [0.2, 0.25) is 5.88 Å². The molecular weight excluding hydrogens is 258 g/mol. The predicted molar refractivity (Wildman–Crippen MR) is 78.2 cm³/mol. The molecule has 3 rings (SSSR count). The van der Waals surface area contributed by atoms with Gasteiger partial charge in [-0.1, -0.05) is 32.0 Å². The number of rotatable bonds is 1. The van der Waals surface area contributed by atoms with Crippen molar-refractivity contribution >= 4 is 27.4 Å². The summed E-state index contributed by atoms with van der Waals surface area (Å²) < 4.78 is 6.08. The quantitative estimate of drug-likeness (QED) is 0.731. The van der Waals surface area contributed by atoms with Crippen molar-refractivity contribution in [1.29, 1.82) is 0 Å². The minimum Gasteiger partial charge on any atom is -0.367 e. The van der Waals surface area contributed by atoms with Crippen LogP contribution in [0.15, 0.2) is 28.9 Å². The Bertz CT molecular complexity index is 737. The highest BCUT2D eigenvalue weighted by Gasteiger charge is 2.19. The summed E-state index contributed by atoms with van der Waals surface area (Å²) >= 11 is 1.73. The van der Waals surface area contributed by atoms with E-state index in [1.54, 1.807) is 17.5 Å². The SMILES string of the molecule is CC(C)(C)c1nc2cc(-c3cnoc3N)ccc2s1. The second kappa shape index (κ2) is 4.06. The van der Waals surface area contributed by atoms with Gasteiger partial charge in [-0.15, -0.1) is 11.3 Å². The lowest BCUT2D eigenvalue weighted by Crippen LogP contribution is -2.09. The van der Waals surface area contributed by atoms with Crippen LogP contribution in [0, 0.1) is 0 Å². The average Bonchev–Trinajstić information content (AvgIpc) is 2.92. The van der Waals surface area contributed by atoms with Gasteiger partial charge < -0.3 is 10.3 Å². The molecule has 0 amide bonds. The van der Waals surface area contributed by atoms with Crippen molar-refractivity contribution in [2.45, 2.75) is 26.2 Å². The monoisotopic (exact) mass is 273 g/mol. The Balaban J connectivity index is 2.14. The van der Waals surface area contributed by atoms with Gasteiger partial charge in [0, 0.05) is 5.41 Å². The molecular formula is C14H15N3OS. The zero-order valence-electron chi connectivity index (χ0n) is 11.1. The van der Waals surface area contributed by atoms with Gasteiger partial charge in [-0.25, -0.2) is 4.98 Å². The van der Waals surface area contributed by atoms with E-state index in [9.17, 15) is 0 Å². The molecule has 2 heterocycles. The minimum atomic E-state index is 0.0695. The summed E-state index contributed by atoms with van der Waals surface area (Å²) in [5, 5.41) is 4.84. The summed E-state index contributed by atoms with van der Waals surface area (Å²) in [5.41, 5.74) is 8.60. The third-order valence-corrected chi connectivity index (χ3v) is 4.40. The molecule has 0 bridgehead atoms. The van der Waals surface area contributed by atoms with Crippen LogP contribution in [0.5, 0.6) is 0 Å². The van der Waals surface area contributed by atoms with E-state index in [1.165, 1.54) is 4.70 Å². The molecule has 3 aromatic rings. The molecule has 2 aromatic heterocycles. The van der Waals surface area contributed by atoms with E-state index in [-0.39, 0.29) is 5.41 Å². The Hall–Kier alpha value is -1.88. The van der Waals surface area contributed by atoms with Gasteiger partial charge in [-0.2, -0.15) is 0 Å². The zero-order chi connectivity index (χ0) is 13.6. The lowest BCUT2D eigenvalue weighted by atomic mass is 9.98. The maximum absolute atomic E-state index is 5.74. The molecule has 0 saturated heterocycles. The first-order valence-corrected chi connectivity index (χ1v) is 6.88. The van der Waals surface area contributed by atoms with Gasteiger partial charge in [0.25, 0.3) is 0 Å². The second-order valence-corrected chi connectivity index (χ2v) is 6.59. The number of benzene rings is 1. The first-order valence-electron chi connectivity index (χ1n) is 6.07. The Morgan fingerprint density at radius 3 is 2.68 bits per heavy atom. The van der Waals surface area contributed by atoms with Crippen molar-refractivity contribution in [2.24, 2.45) is 0 Å². The number of nitrogens with two attached hydrogens (primary N) is 1. The molecule has 5 heteroatoms. The van der Waals surface area contributed by atoms with Crippen LogP contribution in [0.25, 0.3) is 21.3 Å². The maximum Gasteiger partial charge on any atom is 0.229 e. The fraction of sp³-hybridized carbons (Fsp3) is 0.286. The largest absolute Gasteiger partial charge is 0.367 e. The molecule has 0 atom stereocenters. The Morgan fingerprint density at radius 1 is 1.26 bits per heavy atom. The van der Waals surface area contributed by atoms with E-state index < -0.39 is 0 Å². The normalized spacial score (nSPS) is 12.2. The first-order chi connectivity index (χ1) is 8.95. The fourth-order valence-electron chi connectivity index (χ4n) is 1.88. The summed E-state index contributed by atoms with van der Waals surface area (Å²) in [5.74, 6) is 0.339. The standard InChI is InChI=1S/C14H15N3OS/c1-14(2,3)13-17-10-6-8(4-5-11(10)19-13)9-7-16-18-12(9)15/h4-7H,15H2,1-3H3. The van der Waals surface area contributed by atoms with E-state index in [0.717, 1.165) is 21.7 Å². The number of nitrogens with zero attached hydrogens (tertiary/aromatic N) is 2. The van der Waals surface area contributed by atoms with Crippen LogP contribution >= 0.6 is 11.3 Å². The Labute approximate surface area is 115 Å². The van der Waals surface area contributed by atoms with Gasteiger partial charge >= 0.3 is 0 Å². The van der Waals surface area contributed by atoms with Crippen LogP contribution in [-0.2, 0) is 5.41 Å².